The second-order valence-electron chi connectivity index (χ2n) is 4.69. The van der Waals surface area contributed by atoms with Gasteiger partial charge in [-0.2, -0.15) is 18.6 Å². The maximum atomic E-state index is 11.9. The average molecular weight is 365 g/mol. The molecule has 0 aromatic carbocycles. The molecule has 0 fully saturated rings. The van der Waals surface area contributed by atoms with E-state index in [9.17, 15) is 22.8 Å². The van der Waals surface area contributed by atoms with Crippen molar-refractivity contribution in [3.63, 3.8) is 0 Å². The fourth-order valence-electron chi connectivity index (χ4n) is 1.06. The average Bonchev–Trinajstić information content (AvgIpc) is 2.51. The predicted molar refractivity (Wildman–Crippen MR) is 80.2 cm³/mol. The first-order valence-corrected chi connectivity index (χ1v) is 8.00. The molecule has 0 radical (unpaired) electrons. The third kappa shape index (κ3) is 8.41. The Morgan fingerprint density at radius 2 is 1.38 bits per heavy atom. The van der Waals surface area contributed by atoms with Crippen molar-refractivity contribution in [3.8, 4) is 0 Å². The van der Waals surface area contributed by atoms with Crippen molar-refractivity contribution in [2.24, 2.45) is 11.8 Å². The van der Waals surface area contributed by atoms with Gasteiger partial charge in [-0.15, -0.1) is 0 Å². The highest BCUT2D eigenvalue weighted by atomic mass is 32.2. The summed E-state index contributed by atoms with van der Waals surface area (Å²) in [7, 11) is -4.25. The van der Waals surface area contributed by atoms with Gasteiger partial charge < -0.3 is 14.2 Å². The van der Waals surface area contributed by atoms with Crippen LogP contribution in [0.25, 0.3) is 0 Å². The Hall–Kier alpha value is -2.24. The monoisotopic (exact) mass is 365 g/mol. The second-order valence-corrected chi connectivity index (χ2v) is 6.23. The van der Waals surface area contributed by atoms with E-state index < -0.39 is 53.1 Å². The molecule has 0 aliphatic carbocycles. The third-order valence-electron chi connectivity index (χ3n) is 2.35. The fraction of sp³-hybridized carbons (Fsp3) is 0.462. The van der Waals surface area contributed by atoms with Crippen molar-refractivity contribution in [1.29, 1.82) is 0 Å². The van der Waals surface area contributed by atoms with E-state index in [4.69, 9.17) is 9.47 Å². The smallest absolute Gasteiger partial charge is 0.333 e. The highest BCUT2D eigenvalue weighted by Crippen LogP contribution is 2.07. The zero-order chi connectivity index (χ0) is 18.9. The van der Waals surface area contributed by atoms with Crippen molar-refractivity contribution in [2.45, 2.75) is 13.8 Å². The molecule has 0 saturated heterocycles. The van der Waals surface area contributed by atoms with Gasteiger partial charge in [0.05, 0.1) is 0 Å². The van der Waals surface area contributed by atoms with Gasteiger partial charge >= 0.3 is 28.0 Å². The number of carbonyl (C=O) groups excluding carboxylic acids is 3. The molecule has 10 nitrogen and oxygen atoms in total. The predicted octanol–water partition coefficient (Wildman–Crippen LogP) is -0.438. The van der Waals surface area contributed by atoms with Crippen LogP contribution in [0.5, 0.6) is 0 Å². The minimum Gasteiger partial charge on any atom is -0.461 e. The Morgan fingerprint density at radius 3 is 1.71 bits per heavy atom. The summed E-state index contributed by atoms with van der Waals surface area (Å²) in [4.78, 5) is 34.6. The molecular formula is C13H19NO9S. The van der Waals surface area contributed by atoms with Crippen molar-refractivity contribution in [3.05, 3.63) is 24.3 Å². The Bertz CT molecular complexity index is 593. The van der Waals surface area contributed by atoms with E-state index in [0.717, 1.165) is 0 Å². The molecule has 136 valence electrons. The Labute approximate surface area is 139 Å². The molecule has 0 saturated carbocycles. The minimum absolute atomic E-state index is 0.0835. The summed E-state index contributed by atoms with van der Waals surface area (Å²) < 4.78 is 39.7. The highest BCUT2D eigenvalue weighted by Gasteiger charge is 2.26. The quantitative estimate of drug-likeness (QED) is 0.234. The molecule has 0 unspecified atom stereocenters. The van der Waals surface area contributed by atoms with Crippen LogP contribution in [0.15, 0.2) is 24.3 Å². The van der Waals surface area contributed by atoms with Crippen molar-refractivity contribution >= 4 is 28.0 Å². The Kier molecular flexibility index (Phi) is 8.89. The summed E-state index contributed by atoms with van der Waals surface area (Å²) in [6, 6.07) is 0. The van der Waals surface area contributed by atoms with E-state index in [1.54, 1.807) is 0 Å². The van der Waals surface area contributed by atoms with Crippen LogP contribution in [-0.4, -0.2) is 45.5 Å². The fourth-order valence-corrected chi connectivity index (χ4v) is 1.38. The largest absolute Gasteiger partial charge is 0.461 e. The number of ether oxygens (including phenoxy) is 3. The first kappa shape index (κ1) is 21.8. The van der Waals surface area contributed by atoms with Crippen LogP contribution in [0.3, 0.4) is 0 Å². The third-order valence-corrected chi connectivity index (χ3v) is 3.05. The molecule has 0 aliphatic rings. The van der Waals surface area contributed by atoms with E-state index in [1.165, 1.54) is 13.8 Å². The van der Waals surface area contributed by atoms with Crippen LogP contribution in [0.1, 0.15) is 13.8 Å². The molecule has 0 rings (SSSR count). The maximum Gasteiger partial charge on any atom is 0.333 e. The normalized spacial score (nSPS) is 10.8. The number of nitrogens with two attached hydrogens (primary N) is 1. The number of carbonyl (C=O) groups is 3. The van der Waals surface area contributed by atoms with Crippen LogP contribution < -0.4 is 5.90 Å². The maximum absolute atomic E-state index is 11.9. The van der Waals surface area contributed by atoms with Crippen LogP contribution in [-0.2, 0) is 43.0 Å². The molecule has 0 aromatic heterocycles. The summed E-state index contributed by atoms with van der Waals surface area (Å²) in [5.74, 6) is -0.575. The lowest BCUT2D eigenvalue weighted by molar-refractivity contribution is -0.157. The Balaban J connectivity index is 4.85. The molecule has 0 bridgehead atoms. The highest BCUT2D eigenvalue weighted by molar-refractivity contribution is 7.86. The number of rotatable bonds is 10. The lowest BCUT2D eigenvalue weighted by Gasteiger charge is -2.16. The molecule has 0 aromatic rings. The van der Waals surface area contributed by atoms with Crippen molar-refractivity contribution < 1.29 is 41.3 Å². The van der Waals surface area contributed by atoms with Crippen LogP contribution >= 0.6 is 0 Å². The summed E-state index contributed by atoms with van der Waals surface area (Å²) in [6.45, 7) is 8.46. The summed E-state index contributed by atoms with van der Waals surface area (Å²) in [6.07, 6.45) is 0. The summed E-state index contributed by atoms with van der Waals surface area (Å²) >= 11 is 0. The van der Waals surface area contributed by atoms with Crippen molar-refractivity contribution in [2.75, 3.05) is 19.2 Å². The molecular weight excluding hydrogens is 346 g/mol. The first-order chi connectivity index (χ1) is 11.0. The van der Waals surface area contributed by atoms with E-state index in [2.05, 4.69) is 28.1 Å². The molecule has 0 amide bonds. The van der Waals surface area contributed by atoms with Gasteiger partial charge in [-0.05, 0) is 13.8 Å². The van der Waals surface area contributed by atoms with Gasteiger partial charge in [0.15, 0.2) is 0 Å². The van der Waals surface area contributed by atoms with E-state index in [0.29, 0.717) is 0 Å². The molecule has 11 heteroatoms. The van der Waals surface area contributed by atoms with E-state index in [-0.39, 0.29) is 11.1 Å². The van der Waals surface area contributed by atoms with Crippen LogP contribution in [0, 0.1) is 5.92 Å². The van der Waals surface area contributed by atoms with Gasteiger partial charge in [-0.3, -0.25) is 4.79 Å². The van der Waals surface area contributed by atoms with Gasteiger partial charge in [-0.1, -0.05) is 13.2 Å². The van der Waals surface area contributed by atoms with Gasteiger partial charge in [-0.25, -0.2) is 9.59 Å². The molecule has 0 aliphatic heterocycles. The lowest BCUT2D eigenvalue weighted by atomic mass is 10.2. The van der Waals surface area contributed by atoms with Crippen molar-refractivity contribution in [1.82, 2.24) is 0 Å². The second kappa shape index (κ2) is 9.80. The summed E-state index contributed by atoms with van der Waals surface area (Å²) in [5.41, 5.74) is 0.167. The van der Waals surface area contributed by atoms with Gasteiger partial charge in [0.2, 0.25) is 5.94 Å². The van der Waals surface area contributed by atoms with Gasteiger partial charge in [0, 0.05) is 11.1 Å². The van der Waals surface area contributed by atoms with E-state index >= 15 is 0 Å². The molecule has 0 heterocycles. The van der Waals surface area contributed by atoms with Gasteiger partial charge in [0.25, 0.3) is 0 Å². The number of hydrogen-bond acceptors (Lipinski definition) is 10. The SMILES string of the molecule is C=C(C)C(=O)OCC(COC(=O)C(=C)C)C(=O)OCS(=O)(=O)ON. The van der Waals surface area contributed by atoms with Gasteiger partial charge in [0.1, 0.15) is 19.1 Å². The zero-order valence-corrected chi connectivity index (χ0v) is 14.1. The zero-order valence-electron chi connectivity index (χ0n) is 13.3. The standard InChI is InChI=1S/C13H19NO9S/c1-8(2)11(15)20-5-10(6-21-12(16)9(3)4)13(17)22-7-24(18,19)23-14/h10H,1,3,5-7,14H2,2,4H3. The lowest BCUT2D eigenvalue weighted by Crippen LogP contribution is -2.31. The summed E-state index contributed by atoms with van der Waals surface area (Å²) in [5, 5.41) is 0. The molecule has 0 atom stereocenters. The molecule has 2 N–H and O–H groups in total. The molecule has 24 heavy (non-hydrogen) atoms. The Morgan fingerprint density at radius 1 is 0.958 bits per heavy atom. The molecule has 0 spiro atoms. The number of esters is 3. The minimum atomic E-state index is -4.25. The topological polar surface area (TPSA) is 148 Å². The van der Waals surface area contributed by atoms with Crippen LogP contribution in [0.2, 0.25) is 0 Å². The first-order valence-electron chi connectivity index (χ1n) is 6.43. The van der Waals surface area contributed by atoms with Crippen LogP contribution in [0.4, 0.5) is 0 Å². The van der Waals surface area contributed by atoms with E-state index in [1.807, 2.05) is 0 Å². The number of hydrogen-bond donors (Lipinski definition) is 1.